The van der Waals surface area contributed by atoms with E-state index in [0.29, 0.717) is 10.8 Å². The van der Waals surface area contributed by atoms with Crippen molar-refractivity contribution in [3.05, 3.63) is 0 Å². The molecule has 2 atom stereocenters. The summed E-state index contributed by atoms with van der Waals surface area (Å²) in [6, 6.07) is 0.454. The fourth-order valence-corrected chi connectivity index (χ4v) is 3.82. The number of nitrogens with zero attached hydrogens (tertiary/aromatic N) is 1. The van der Waals surface area contributed by atoms with Crippen molar-refractivity contribution in [2.75, 3.05) is 18.8 Å². The van der Waals surface area contributed by atoms with Crippen molar-refractivity contribution < 1.29 is 5.11 Å². The lowest BCUT2D eigenvalue weighted by molar-refractivity contribution is 0.0679. The number of aliphatic hydroxyl groups excluding tert-OH is 1. The fourth-order valence-electron chi connectivity index (χ4n) is 2.68. The van der Waals surface area contributed by atoms with Crippen molar-refractivity contribution in [2.24, 2.45) is 0 Å². The second-order valence-electron chi connectivity index (χ2n) is 5.14. The van der Waals surface area contributed by atoms with Gasteiger partial charge in [0.05, 0.1) is 6.10 Å². The van der Waals surface area contributed by atoms with Crippen molar-refractivity contribution in [3.63, 3.8) is 0 Å². The van der Waals surface area contributed by atoms with Crippen LogP contribution in [0.1, 0.15) is 33.1 Å². The highest BCUT2D eigenvalue weighted by atomic mass is 32.2. The SMILES string of the molecule is CC1(C)CN(C2CCCC2O)CCS1. The van der Waals surface area contributed by atoms with Gasteiger partial charge < -0.3 is 5.11 Å². The maximum Gasteiger partial charge on any atom is 0.0695 e. The molecule has 1 heterocycles. The molecule has 0 amide bonds. The average molecular weight is 215 g/mol. The van der Waals surface area contributed by atoms with Crippen LogP contribution in [-0.4, -0.2) is 45.7 Å². The van der Waals surface area contributed by atoms with Crippen molar-refractivity contribution in [1.29, 1.82) is 0 Å². The van der Waals surface area contributed by atoms with Gasteiger partial charge in [-0.25, -0.2) is 0 Å². The van der Waals surface area contributed by atoms with E-state index in [-0.39, 0.29) is 6.10 Å². The van der Waals surface area contributed by atoms with Gasteiger partial charge in [-0.3, -0.25) is 4.90 Å². The molecule has 1 aliphatic heterocycles. The number of rotatable bonds is 1. The van der Waals surface area contributed by atoms with Crippen LogP contribution in [0, 0.1) is 0 Å². The highest BCUT2D eigenvalue weighted by molar-refractivity contribution is 8.00. The summed E-state index contributed by atoms with van der Waals surface area (Å²) in [6.45, 7) is 6.92. The smallest absolute Gasteiger partial charge is 0.0695 e. The minimum atomic E-state index is -0.0612. The van der Waals surface area contributed by atoms with Crippen LogP contribution >= 0.6 is 11.8 Å². The van der Waals surface area contributed by atoms with E-state index < -0.39 is 0 Å². The molecule has 0 bridgehead atoms. The van der Waals surface area contributed by atoms with Crippen molar-refractivity contribution in [2.45, 2.75) is 50.0 Å². The van der Waals surface area contributed by atoms with Gasteiger partial charge in [0.2, 0.25) is 0 Å². The Morgan fingerprint density at radius 2 is 2.14 bits per heavy atom. The predicted octanol–water partition coefficient (Wildman–Crippen LogP) is 1.73. The summed E-state index contributed by atoms with van der Waals surface area (Å²) in [4.78, 5) is 2.51. The molecule has 2 aliphatic rings. The molecule has 2 unspecified atom stereocenters. The topological polar surface area (TPSA) is 23.5 Å². The summed E-state index contributed by atoms with van der Waals surface area (Å²) in [5.41, 5.74) is 0. The molecule has 0 aromatic heterocycles. The van der Waals surface area contributed by atoms with Crippen LogP contribution in [-0.2, 0) is 0 Å². The summed E-state index contributed by atoms with van der Waals surface area (Å²) < 4.78 is 0.376. The van der Waals surface area contributed by atoms with Gasteiger partial charge in [0, 0.05) is 29.6 Å². The zero-order valence-electron chi connectivity index (χ0n) is 9.20. The van der Waals surface area contributed by atoms with Gasteiger partial charge in [0.15, 0.2) is 0 Å². The Kier molecular flexibility index (Phi) is 3.10. The van der Waals surface area contributed by atoms with E-state index in [2.05, 4.69) is 30.5 Å². The third-order valence-corrected chi connectivity index (χ3v) is 4.67. The van der Waals surface area contributed by atoms with E-state index in [1.807, 2.05) is 0 Å². The third kappa shape index (κ3) is 2.26. The van der Waals surface area contributed by atoms with Gasteiger partial charge >= 0.3 is 0 Å². The molecule has 1 aliphatic carbocycles. The molecule has 14 heavy (non-hydrogen) atoms. The molecule has 0 spiro atoms. The van der Waals surface area contributed by atoms with Crippen LogP contribution in [0.15, 0.2) is 0 Å². The Morgan fingerprint density at radius 3 is 2.71 bits per heavy atom. The highest BCUT2D eigenvalue weighted by Gasteiger charge is 2.36. The molecular formula is C11H21NOS. The largest absolute Gasteiger partial charge is 0.391 e. The molecule has 0 radical (unpaired) electrons. The van der Waals surface area contributed by atoms with Crippen molar-refractivity contribution in [1.82, 2.24) is 4.90 Å². The third-order valence-electron chi connectivity index (χ3n) is 3.37. The zero-order valence-corrected chi connectivity index (χ0v) is 10.0. The van der Waals surface area contributed by atoms with E-state index >= 15 is 0 Å². The lowest BCUT2D eigenvalue weighted by Gasteiger charge is -2.41. The first-order valence-electron chi connectivity index (χ1n) is 5.65. The number of hydrogen-bond acceptors (Lipinski definition) is 3. The quantitative estimate of drug-likeness (QED) is 0.720. The first kappa shape index (κ1) is 10.8. The van der Waals surface area contributed by atoms with Gasteiger partial charge in [0.25, 0.3) is 0 Å². The average Bonchev–Trinajstić information content (AvgIpc) is 2.49. The minimum Gasteiger partial charge on any atom is -0.391 e. The Labute approximate surface area is 91.1 Å². The summed E-state index contributed by atoms with van der Waals surface area (Å²) in [7, 11) is 0. The molecule has 2 rings (SSSR count). The monoisotopic (exact) mass is 215 g/mol. The van der Waals surface area contributed by atoms with Crippen molar-refractivity contribution in [3.8, 4) is 0 Å². The summed E-state index contributed by atoms with van der Waals surface area (Å²) >= 11 is 2.06. The molecular weight excluding hydrogens is 194 g/mol. The lowest BCUT2D eigenvalue weighted by atomic mass is 10.1. The second kappa shape index (κ2) is 4.03. The van der Waals surface area contributed by atoms with Crippen LogP contribution in [0.5, 0.6) is 0 Å². The van der Waals surface area contributed by atoms with Crippen LogP contribution in [0.4, 0.5) is 0 Å². The minimum absolute atomic E-state index is 0.0612. The zero-order chi connectivity index (χ0) is 10.2. The maximum absolute atomic E-state index is 9.86. The molecule has 1 N–H and O–H groups in total. The van der Waals surface area contributed by atoms with Crippen LogP contribution in [0.3, 0.4) is 0 Å². The van der Waals surface area contributed by atoms with Gasteiger partial charge in [-0.2, -0.15) is 11.8 Å². The van der Waals surface area contributed by atoms with Gasteiger partial charge in [-0.15, -0.1) is 0 Å². The van der Waals surface area contributed by atoms with E-state index in [0.717, 1.165) is 19.5 Å². The number of aliphatic hydroxyl groups is 1. The standard InChI is InChI=1S/C11H21NOS/c1-11(2)8-12(6-7-14-11)9-4-3-5-10(9)13/h9-10,13H,3-8H2,1-2H3. The summed E-state index contributed by atoms with van der Waals surface area (Å²) in [5, 5.41) is 9.86. The Hall–Kier alpha value is 0.270. The lowest BCUT2D eigenvalue weighted by Crippen LogP contribution is -2.50. The Balaban J connectivity index is 1.97. The highest BCUT2D eigenvalue weighted by Crippen LogP contribution is 2.34. The maximum atomic E-state index is 9.86. The van der Waals surface area contributed by atoms with Crippen LogP contribution in [0.25, 0.3) is 0 Å². The number of hydrogen-bond donors (Lipinski definition) is 1. The van der Waals surface area contributed by atoms with Crippen molar-refractivity contribution >= 4 is 11.8 Å². The first-order chi connectivity index (χ1) is 6.58. The molecule has 0 aromatic carbocycles. The molecule has 0 aromatic rings. The molecule has 2 nitrogen and oxygen atoms in total. The van der Waals surface area contributed by atoms with E-state index in [1.54, 1.807) is 0 Å². The predicted molar refractivity (Wildman–Crippen MR) is 61.8 cm³/mol. The molecule has 1 saturated carbocycles. The summed E-state index contributed by atoms with van der Waals surface area (Å²) in [5.74, 6) is 1.22. The fraction of sp³-hybridized carbons (Fsp3) is 1.00. The molecule has 3 heteroatoms. The van der Waals surface area contributed by atoms with E-state index in [4.69, 9.17) is 0 Å². The summed E-state index contributed by atoms with van der Waals surface area (Å²) in [6.07, 6.45) is 3.35. The first-order valence-corrected chi connectivity index (χ1v) is 6.63. The number of thioether (sulfide) groups is 1. The van der Waals surface area contributed by atoms with Crippen LogP contribution in [0.2, 0.25) is 0 Å². The van der Waals surface area contributed by atoms with Crippen LogP contribution < -0.4 is 0 Å². The Bertz CT molecular complexity index is 207. The van der Waals surface area contributed by atoms with E-state index in [1.165, 1.54) is 18.6 Å². The normalized spacial score (nSPS) is 38.8. The molecule has 1 saturated heterocycles. The van der Waals surface area contributed by atoms with Gasteiger partial charge in [-0.1, -0.05) is 0 Å². The second-order valence-corrected chi connectivity index (χ2v) is 6.95. The van der Waals surface area contributed by atoms with Gasteiger partial charge in [-0.05, 0) is 33.1 Å². The van der Waals surface area contributed by atoms with E-state index in [9.17, 15) is 5.11 Å². The molecule has 82 valence electrons. The Morgan fingerprint density at radius 1 is 1.36 bits per heavy atom. The molecule has 2 fully saturated rings. The van der Waals surface area contributed by atoms with Gasteiger partial charge in [0.1, 0.15) is 0 Å².